The Balaban J connectivity index is 2.43. The monoisotopic (exact) mass is 205 g/mol. The second-order valence-corrected chi connectivity index (χ2v) is 5.87. The molecule has 2 rings (SSSR count). The average molecular weight is 205 g/mol. The van der Waals surface area contributed by atoms with Crippen LogP contribution < -0.4 is 0 Å². The minimum atomic E-state index is 0.317. The summed E-state index contributed by atoms with van der Waals surface area (Å²) in [6.07, 6.45) is 7.16. The highest BCUT2D eigenvalue weighted by molar-refractivity contribution is 5.32. The van der Waals surface area contributed by atoms with Crippen molar-refractivity contribution in [2.24, 2.45) is 11.8 Å². The third kappa shape index (κ3) is 1.62. The van der Waals surface area contributed by atoms with Gasteiger partial charge in [0.05, 0.1) is 0 Å². The number of piperidine rings is 1. The van der Waals surface area contributed by atoms with Crippen LogP contribution in [0.1, 0.15) is 40.5 Å². The molecule has 1 aliphatic carbocycles. The van der Waals surface area contributed by atoms with Crippen molar-refractivity contribution in [3.63, 3.8) is 0 Å². The van der Waals surface area contributed by atoms with Crippen molar-refractivity contribution in [1.29, 1.82) is 0 Å². The molecule has 0 radical (unpaired) electrons. The molecule has 0 spiro atoms. The molecule has 0 aromatic carbocycles. The van der Waals surface area contributed by atoms with E-state index in [1.54, 1.807) is 5.70 Å². The van der Waals surface area contributed by atoms with Gasteiger partial charge in [0.1, 0.15) is 0 Å². The van der Waals surface area contributed by atoms with Crippen LogP contribution in [0.4, 0.5) is 0 Å². The molecule has 2 aliphatic rings. The van der Waals surface area contributed by atoms with Crippen LogP contribution >= 0.6 is 0 Å². The number of nitrogens with zero attached hydrogens (tertiary/aromatic N) is 1. The number of rotatable bonds is 0. The van der Waals surface area contributed by atoms with Gasteiger partial charge in [0.25, 0.3) is 0 Å². The zero-order chi connectivity index (χ0) is 11.2. The third-order valence-corrected chi connectivity index (χ3v) is 4.29. The first-order valence-corrected chi connectivity index (χ1v) is 6.04. The molecule has 84 valence electrons. The molecule has 1 heterocycles. The molecular formula is C14H23N. The fraction of sp³-hybridized carbons (Fsp3) is 0.714. The molecule has 1 aliphatic heterocycles. The molecular weight excluding hydrogens is 182 g/mol. The highest BCUT2D eigenvalue weighted by atomic mass is 15.2. The fourth-order valence-electron chi connectivity index (χ4n) is 3.29. The van der Waals surface area contributed by atoms with Crippen molar-refractivity contribution in [2.45, 2.75) is 46.1 Å². The van der Waals surface area contributed by atoms with Gasteiger partial charge in [-0.3, -0.25) is 0 Å². The molecule has 2 unspecified atom stereocenters. The minimum Gasteiger partial charge on any atom is -0.372 e. The number of fused-ring (bicyclic) bond motifs is 1. The Morgan fingerprint density at radius 2 is 2.07 bits per heavy atom. The maximum Gasteiger partial charge on any atom is 0.0342 e. The van der Waals surface area contributed by atoms with Crippen LogP contribution in [-0.2, 0) is 0 Å². The van der Waals surface area contributed by atoms with Gasteiger partial charge < -0.3 is 4.90 Å². The average Bonchev–Trinajstić information content (AvgIpc) is 2.14. The SMILES string of the molecule is CC1=C2C(CC=C1)C(C)CC(C)(C)N2C. The van der Waals surface area contributed by atoms with E-state index in [4.69, 9.17) is 0 Å². The molecule has 0 bridgehead atoms. The van der Waals surface area contributed by atoms with Gasteiger partial charge in [0, 0.05) is 24.2 Å². The summed E-state index contributed by atoms with van der Waals surface area (Å²) in [5, 5.41) is 0. The Morgan fingerprint density at radius 1 is 1.40 bits per heavy atom. The maximum atomic E-state index is 2.51. The molecule has 2 atom stereocenters. The Hall–Kier alpha value is -0.720. The molecule has 15 heavy (non-hydrogen) atoms. The molecule has 1 fully saturated rings. The second kappa shape index (κ2) is 3.40. The summed E-state index contributed by atoms with van der Waals surface area (Å²) in [7, 11) is 2.26. The lowest BCUT2D eigenvalue weighted by molar-refractivity contribution is 0.0804. The normalized spacial score (nSPS) is 34.3. The van der Waals surface area contributed by atoms with Crippen molar-refractivity contribution in [3.8, 4) is 0 Å². The van der Waals surface area contributed by atoms with E-state index in [2.05, 4.69) is 51.8 Å². The van der Waals surface area contributed by atoms with E-state index in [9.17, 15) is 0 Å². The first-order chi connectivity index (χ1) is 6.93. The van der Waals surface area contributed by atoms with E-state index in [0.717, 1.165) is 11.8 Å². The lowest BCUT2D eigenvalue weighted by Gasteiger charge is -2.51. The molecule has 0 aromatic rings. The van der Waals surface area contributed by atoms with Gasteiger partial charge in [-0.15, -0.1) is 0 Å². The quantitative estimate of drug-likeness (QED) is 0.584. The van der Waals surface area contributed by atoms with Crippen LogP contribution in [0.15, 0.2) is 23.4 Å². The number of hydrogen-bond acceptors (Lipinski definition) is 1. The van der Waals surface area contributed by atoms with Gasteiger partial charge in [-0.2, -0.15) is 0 Å². The Bertz CT molecular complexity index is 322. The van der Waals surface area contributed by atoms with Crippen molar-refractivity contribution in [1.82, 2.24) is 4.90 Å². The van der Waals surface area contributed by atoms with Gasteiger partial charge in [0.2, 0.25) is 0 Å². The fourth-order valence-corrected chi connectivity index (χ4v) is 3.29. The summed E-state index contributed by atoms with van der Waals surface area (Å²) in [6, 6.07) is 0. The van der Waals surface area contributed by atoms with Crippen molar-refractivity contribution in [3.05, 3.63) is 23.4 Å². The second-order valence-electron chi connectivity index (χ2n) is 5.87. The molecule has 0 saturated carbocycles. The largest absolute Gasteiger partial charge is 0.372 e. The zero-order valence-corrected chi connectivity index (χ0v) is 10.7. The number of hydrogen-bond donors (Lipinski definition) is 0. The first kappa shape index (κ1) is 10.8. The van der Waals surface area contributed by atoms with Crippen LogP contribution in [0.25, 0.3) is 0 Å². The van der Waals surface area contributed by atoms with Crippen LogP contribution in [0.2, 0.25) is 0 Å². The summed E-state index contributed by atoms with van der Waals surface area (Å²) in [6.45, 7) is 9.38. The maximum absolute atomic E-state index is 2.51. The van der Waals surface area contributed by atoms with E-state index in [0.29, 0.717) is 5.54 Å². The molecule has 0 aromatic heterocycles. The first-order valence-electron chi connectivity index (χ1n) is 6.04. The van der Waals surface area contributed by atoms with Crippen LogP contribution in [0, 0.1) is 11.8 Å². The molecule has 0 amide bonds. The number of allylic oxidation sites excluding steroid dienone is 4. The van der Waals surface area contributed by atoms with E-state index in [-0.39, 0.29) is 0 Å². The summed E-state index contributed by atoms with van der Waals surface area (Å²) in [5.41, 5.74) is 3.37. The van der Waals surface area contributed by atoms with E-state index in [1.165, 1.54) is 18.4 Å². The zero-order valence-electron chi connectivity index (χ0n) is 10.7. The lowest BCUT2D eigenvalue weighted by atomic mass is 9.72. The van der Waals surface area contributed by atoms with E-state index < -0.39 is 0 Å². The highest BCUT2D eigenvalue weighted by Crippen LogP contribution is 2.44. The van der Waals surface area contributed by atoms with Gasteiger partial charge in [-0.1, -0.05) is 19.1 Å². The lowest BCUT2D eigenvalue weighted by Crippen LogP contribution is -2.50. The molecule has 1 heteroatoms. The number of likely N-dealkylation sites (tertiary alicyclic amines) is 1. The van der Waals surface area contributed by atoms with Crippen molar-refractivity contribution in [2.75, 3.05) is 7.05 Å². The van der Waals surface area contributed by atoms with Crippen LogP contribution in [-0.4, -0.2) is 17.5 Å². The summed E-state index contributed by atoms with van der Waals surface area (Å²) in [5.74, 6) is 1.57. The van der Waals surface area contributed by atoms with Gasteiger partial charge in [0.15, 0.2) is 0 Å². The summed E-state index contributed by atoms with van der Waals surface area (Å²) >= 11 is 0. The third-order valence-electron chi connectivity index (χ3n) is 4.29. The minimum absolute atomic E-state index is 0.317. The Labute approximate surface area is 93.9 Å². The van der Waals surface area contributed by atoms with Gasteiger partial charge in [-0.25, -0.2) is 0 Å². The van der Waals surface area contributed by atoms with Crippen molar-refractivity contribution >= 4 is 0 Å². The van der Waals surface area contributed by atoms with E-state index in [1.807, 2.05) is 0 Å². The van der Waals surface area contributed by atoms with Gasteiger partial charge >= 0.3 is 0 Å². The molecule has 1 saturated heterocycles. The summed E-state index contributed by atoms with van der Waals surface area (Å²) in [4.78, 5) is 2.51. The Kier molecular flexibility index (Phi) is 2.44. The summed E-state index contributed by atoms with van der Waals surface area (Å²) < 4.78 is 0. The van der Waals surface area contributed by atoms with Crippen LogP contribution in [0.5, 0.6) is 0 Å². The van der Waals surface area contributed by atoms with Crippen molar-refractivity contribution < 1.29 is 0 Å². The molecule has 1 nitrogen and oxygen atoms in total. The predicted molar refractivity (Wildman–Crippen MR) is 65.6 cm³/mol. The Morgan fingerprint density at radius 3 is 2.73 bits per heavy atom. The topological polar surface area (TPSA) is 3.24 Å². The highest BCUT2D eigenvalue weighted by Gasteiger charge is 2.40. The predicted octanol–water partition coefficient (Wildman–Crippen LogP) is 3.59. The van der Waals surface area contributed by atoms with Crippen LogP contribution in [0.3, 0.4) is 0 Å². The smallest absolute Gasteiger partial charge is 0.0342 e. The molecule has 0 N–H and O–H groups in total. The van der Waals surface area contributed by atoms with E-state index >= 15 is 0 Å². The van der Waals surface area contributed by atoms with Gasteiger partial charge in [-0.05, 0) is 45.1 Å². The standard InChI is InChI=1S/C14H23N/c1-10-7-6-8-12-11(2)9-14(3,4)15(5)13(10)12/h6-7,11-12H,8-9H2,1-5H3.